The predicted molar refractivity (Wildman–Crippen MR) is 112 cm³/mol. The lowest BCUT2D eigenvalue weighted by Gasteiger charge is -2.16. The van der Waals surface area contributed by atoms with E-state index in [1.165, 1.54) is 16.4 Å². The average Bonchev–Trinajstić information content (AvgIpc) is 3.42. The molecule has 0 saturated carbocycles. The van der Waals surface area contributed by atoms with E-state index in [1.54, 1.807) is 29.8 Å². The maximum absolute atomic E-state index is 12.8. The minimum absolute atomic E-state index is 0.0133. The summed E-state index contributed by atoms with van der Waals surface area (Å²) in [6, 6.07) is 7.29. The fourth-order valence-corrected chi connectivity index (χ4v) is 7.18. The van der Waals surface area contributed by atoms with Gasteiger partial charge >= 0.3 is 0 Å². The van der Waals surface area contributed by atoms with E-state index >= 15 is 0 Å². The smallest absolute Gasteiger partial charge is 0.256 e. The Bertz CT molecular complexity index is 1180. The summed E-state index contributed by atoms with van der Waals surface area (Å²) in [5.74, 6) is 0.00358. The molecule has 2 aliphatic heterocycles. The summed E-state index contributed by atoms with van der Waals surface area (Å²) >= 11 is 0. The van der Waals surface area contributed by atoms with Crippen LogP contribution in [-0.4, -0.2) is 61.4 Å². The molecule has 2 aliphatic rings. The van der Waals surface area contributed by atoms with Crippen LogP contribution in [0, 0.1) is 6.92 Å². The van der Waals surface area contributed by atoms with Crippen LogP contribution in [0.4, 0.5) is 5.82 Å². The Morgan fingerprint density at radius 3 is 2.60 bits per heavy atom. The highest BCUT2D eigenvalue weighted by Gasteiger charge is 2.32. The lowest BCUT2D eigenvalue weighted by Crippen LogP contribution is -2.28. The van der Waals surface area contributed by atoms with Crippen molar-refractivity contribution in [2.45, 2.75) is 37.1 Å². The molecule has 9 nitrogen and oxygen atoms in total. The monoisotopic (exact) mass is 452 g/mol. The van der Waals surface area contributed by atoms with Crippen molar-refractivity contribution in [1.82, 2.24) is 14.1 Å². The Kier molecular flexibility index (Phi) is 5.45. The standard InChI is InChI=1S/C19H24N4O5S2/c1-14-11-18(23(21-14)16-7-10-29(25,26)13-16)20-19(24)15-5-4-6-17(12-15)30(27,28)22-8-2-3-9-22/h4-6,11-12,16H,2-3,7-10,13H2,1H3,(H,20,24)/t16-/m0/s1. The number of carbonyl (C=O) groups is 1. The van der Waals surface area contributed by atoms with Crippen LogP contribution in [0.25, 0.3) is 0 Å². The van der Waals surface area contributed by atoms with E-state index in [2.05, 4.69) is 10.4 Å². The van der Waals surface area contributed by atoms with Crippen LogP contribution < -0.4 is 5.32 Å². The van der Waals surface area contributed by atoms with Crippen LogP contribution in [0.15, 0.2) is 35.2 Å². The first kappa shape index (κ1) is 21.0. The lowest BCUT2D eigenvalue weighted by atomic mass is 10.2. The molecule has 30 heavy (non-hydrogen) atoms. The number of carbonyl (C=O) groups excluding carboxylic acids is 1. The van der Waals surface area contributed by atoms with E-state index in [0.717, 1.165) is 12.8 Å². The van der Waals surface area contributed by atoms with Gasteiger partial charge in [0.15, 0.2) is 9.84 Å². The van der Waals surface area contributed by atoms with E-state index in [9.17, 15) is 21.6 Å². The third kappa shape index (κ3) is 4.14. The second kappa shape index (κ2) is 7.78. The molecule has 1 aromatic heterocycles. The number of hydrogen-bond acceptors (Lipinski definition) is 6. The lowest BCUT2D eigenvalue weighted by molar-refractivity contribution is 0.102. The van der Waals surface area contributed by atoms with Crippen molar-refractivity contribution in [3.8, 4) is 0 Å². The zero-order chi connectivity index (χ0) is 21.5. The van der Waals surface area contributed by atoms with E-state index < -0.39 is 25.8 Å². The Labute approximate surface area is 176 Å². The van der Waals surface area contributed by atoms with Gasteiger partial charge in [0.05, 0.1) is 28.1 Å². The second-order valence-corrected chi connectivity index (χ2v) is 11.9. The number of anilines is 1. The zero-order valence-electron chi connectivity index (χ0n) is 16.6. The molecule has 1 amide bonds. The number of nitrogens with zero attached hydrogens (tertiary/aromatic N) is 3. The van der Waals surface area contributed by atoms with Crippen molar-refractivity contribution in [3.63, 3.8) is 0 Å². The van der Waals surface area contributed by atoms with Gasteiger partial charge in [0.25, 0.3) is 5.91 Å². The number of sulfonamides is 1. The molecule has 4 rings (SSSR count). The van der Waals surface area contributed by atoms with Crippen molar-refractivity contribution >= 4 is 31.6 Å². The molecule has 0 radical (unpaired) electrons. The zero-order valence-corrected chi connectivity index (χ0v) is 18.2. The molecule has 11 heteroatoms. The van der Waals surface area contributed by atoms with Crippen molar-refractivity contribution in [1.29, 1.82) is 0 Å². The van der Waals surface area contributed by atoms with Gasteiger partial charge in [0, 0.05) is 24.7 Å². The first-order valence-electron chi connectivity index (χ1n) is 9.84. The molecule has 2 fully saturated rings. The van der Waals surface area contributed by atoms with Crippen LogP contribution in [0.3, 0.4) is 0 Å². The molecule has 1 N–H and O–H groups in total. The van der Waals surface area contributed by atoms with Crippen molar-refractivity contribution in [2.24, 2.45) is 0 Å². The Morgan fingerprint density at radius 2 is 1.93 bits per heavy atom. The minimum Gasteiger partial charge on any atom is -0.307 e. The molecule has 0 unspecified atom stereocenters. The van der Waals surface area contributed by atoms with Crippen LogP contribution in [-0.2, 0) is 19.9 Å². The number of aryl methyl sites for hydroxylation is 1. The highest BCUT2D eigenvalue weighted by atomic mass is 32.2. The first-order chi connectivity index (χ1) is 14.2. The molecule has 1 aromatic carbocycles. The van der Waals surface area contributed by atoms with Gasteiger partial charge < -0.3 is 5.32 Å². The van der Waals surface area contributed by atoms with Crippen molar-refractivity contribution < 1.29 is 21.6 Å². The molecule has 3 heterocycles. The Hall–Kier alpha value is -2.24. The predicted octanol–water partition coefficient (Wildman–Crippen LogP) is 1.59. The molecule has 2 aromatic rings. The number of sulfone groups is 1. The third-order valence-electron chi connectivity index (χ3n) is 5.45. The average molecular weight is 453 g/mol. The number of nitrogens with one attached hydrogen (secondary N) is 1. The molecule has 0 aliphatic carbocycles. The summed E-state index contributed by atoms with van der Waals surface area (Å²) < 4.78 is 52.2. The summed E-state index contributed by atoms with van der Waals surface area (Å²) in [4.78, 5) is 12.9. The molecule has 1 atom stereocenters. The summed E-state index contributed by atoms with van der Waals surface area (Å²) in [7, 11) is -6.74. The number of amides is 1. The number of rotatable bonds is 5. The fraction of sp³-hybridized carbons (Fsp3) is 0.474. The minimum atomic E-state index is -3.63. The van der Waals surface area contributed by atoms with Gasteiger partial charge in [-0.1, -0.05) is 6.07 Å². The summed E-state index contributed by atoms with van der Waals surface area (Å²) in [6.07, 6.45) is 2.11. The molecule has 0 spiro atoms. The molecule has 2 saturated heterocycles. The van der Waals surface area contributed by atoms with Gasteiger partial charge in [-0.25, -0.2) is 21.5 Å². The second-order valence-electron chi connectivity index (χ2n) is 7.77. The van der Waals surface area contributed by atoms with Gasteiger partial charge in [-0.15, -0.1) is 0 Å². The highest BCUT2D eigenvalue weighted by molar-refractivity contribution is 7.91. The fourth-order valence-electron chi connectivity index (χ4n) is 3.92. The van der Waals surface area contributed by atoms with Crippen LogP contribution in [0.5, 0.6) is 0 Å². The molecule has 162 valence electrons. The normalized spacial score (nSPS) is 21.7. The van der Waals surface area contributed by atoms with E-state index in [-0.39, 0.29) is 28.0 Å². The van der Waals surface area contributed by atoms with Gasteiger partial charge in [-0.05, 0) is 44.4 Å². The maximum Gasteiger partial charge on any atom is 0.256 e. The first-order valence-corrected chi connectivity index (χ1v) is 13.1. The van der Waals surface area contributed by atoms with E-state index in [1.807, 2.05) is 0 Å². The van der Waals surface area contributed by atoms with Crippen molar-refractivity contribution in [3.05, 3.63) is 41.6 Å². The van der Waals surface area contributed by atoms with Gasteiger partial charge in [-0.3, -0.25) is 4.79 Å². The van der Waals surface area contributed by atoms with Gasteiger partial charge in [0.1, 0.15) is 5.82 Å². The molecular weight excluding hydrogens is 428 g/mol. The molecule has 0 bridgehead atoms. The molecular formula is C19H24N4O5S2. The number of aromatic nitrogens is 2. The van der Waals surface area contributed by atoms with Crippen LogP contribution >= 0.6 is 0 Å². The summed E-state index contributed by atoms with van der Waals surface area (Å²) in [5, 5.41) is 7.11. The van der Waals surface area contributed by atoms with Crippen LogP contribution in [0.2, 0.25) is 0 Å². The maximum atomic E-state index is 12.8. The van der Waals surface area contributed by atoms with E-state index in [4.69, 9.17) is 0 Å². The summed E-state index contributed by atoms with van der Waals surface area (Å²) in [6.45, 7) is 2.74. The van der Waals surface area contributed by atoms with E-state index in [0.29, 0.717) is 31.0 Å². The largest absolute Gasteiger partial charge is 0.307 e. The SMILES string of the molecule is Cc1cc(NC(=O)c2cccc(S(=O)(=O)N3CCCC3)c2)n([C@H]2CCS(=O)(=O)C2)n1. The quantitative estimate of drug-likeness (QED) is 0.736. The topological polar surface area (TPSA) is 118 Å². The van der Waals surface area contributed by atoms with Gasteiger partial charge in [0.2, 0.25) is 10.0 Å². The number of hydrogen-bond donors (Lipinski definition) is 1. The highest BCUT2D eigenvalue weighted by Crippen LogP contribution is 2.28. The third-order valence-corrected chi connectivity index (χ3v) is 9.10. The van der Waals surface area contributed by atoms with Gasteiger partial charge in [-0.2, -0.15) is 9.40 Å². The summed E-state index contributed by atoms with van der Waals surface area (Å²) in [5.41, 5.74) is 0.861. The number of benzene rings is 1. The Morgan fingerprint density at radius 1 is 1.20 bits per heavy atom. The Balaban J connectivity index is 1.57. The van der Waals surface area contributed by atoms with Crippen molar-refractivity contribution in [2.75, 3.05) is 29.9 Å². The van der Waals surface area contributed by atoms with Crippen LogP contribution in [0.1, 0.15) is 41.4 Å².